The fourth-order valence-electron chi connectivity index (χ4n) is 2.93. The molecule has 0 N–H and O–H groups in total. The summed E-state index contributed by atoms with van der Waals surface area (Å²) in [7, 11) is 0. The minimum absolute atomic E-state index is 0.0575. The monoisotopic (exact) mass is 310 g/mol. The van der Waals surface area contributed by atoms with Crippen molar-refractivity contribution >= 4 is 5.91 Å². The van der Waals surface area contributed by atoms with Crippen molar-refractivity contribution in [1.82, 2.24) is 9.88 Å². The number of amides is 1. The lowest BCUT2D eigenvalue weighted by Gasteiger charge is -2.21. The molecule has 0 unspecified atom stereocenters. The topological polar surface area (TPSA) is 46.3 Å². The van der Waals surface area contributed by atoms with E-state index in [4.69, 9.17) is 4.42 Å². The summed E-state index contributed by atoms with van der Waals surface area (Å²) in [6.45, 7) is 1.02. The van der Waals surface area contributed by atoms with E-state index in [-0.39, 0.29) is 5.91 Å². The first-order chi connectivity index (χ1) is 11.3. The van der Waals surface area contributed by atoms with Crippen molar-refractivity contribution in [3.05, 3.63) is 65.9 Å². The van der Waals surface area contributed by atoms with E-state index in [9.17, 15) is 4.79 Å². The number of carbonyl (C=O) groups is 1. The van der Waals surface area contributed by atoms with Crippen LogP contribution in [0.15, 0.2) is 59.0 Å². The summed E-state index contributed by atoms with van der Waals surface area (Å²) in [4.78, 5) is 18.7. The van der Waals surface area contributed by atoms with Crippen LogP contribution in [0.25, 0.3) is 0 Å². The molecule has 0 radical (unpaired) electrons. The molecule has 0 bridgehead atoms. The number of furan rings is 1. The summed E-state index contributed by atoms with van der Waals surface area (Å²) in [5.41, 5.74) is 2.30. The number of allylic oxidation sites excluding steroid dienone is 1. The Morgan fingerprint density at radius 2 is 2.04 bits per heavy atom. The predicted molar refractivity (Wildman–Crippen MR) is 88.4 cm³/mol. The van der Waals surface area contributed by atoms with Crippen LogP contribution in [0.2, 0.25) is 0 Å². The van der Waals surface area contributed by atoms with Crippen LogP contribution < -0.4 is 0 Å². The van der Waals surface area contributed by atoms with Gasteiger partial charge in [-0.05, 0) is 49.4 Å². The van der Waals surface area contributed by atoms with Gasteiger partial charge in [-0.3, -0.25) is 9.78 Å². The minimum atomic E-state index is 0.0575. The van der Waals surface area contributed by atoms with E-state index in [0.29, 0.717) is 13.1 Å². The van der Waals surface area contributed by atoms with Crippen LogP contribution in [0.1, 0.15) is 43.4 Å². The number of pyridine rings is 1. The molecule has 2 aromatic heterocycles. The van der Waals surface area contributed by atoms with Crippen molar-refractivity contribution in [3.63, 3.8) is 0 Å². The van der Waals surface area contributed by atoms with Gasteiger partial charge < -0.3 is 9.32 Å². The van der Waals surface area contributed by atoms with Crippen molar-refractivity contribution in [3.8, 4) is 0 Å². The highest BCUT2D eigenvalue weighted by molar-refractivity contribution is 5.88. The number of carbonyl (C=O) groups excluding carboxylic acids is 1. The maximum Gasteiger partial charge on any atom is 0.247 e. The zero-order valence-corrected chi connectivity index (χ0v) is 13.3. The molecule has 4 nitrogen and oxygen atoms in total. The van der Waals surface area contributed by atoms with E-state index in [1.54, 1.807) is 18.7 Å². The molecule has 3 rings (SSSR count). The van der Waals surface area contributed by atoms with E-state index in [2.05, 4.69) is 4.98 Å². The Hall–Kier alpha value is -2.36. The summed E-state index contributed by atoms with van der Waals surface area (Å²) in [6, 6.07) is 7.63. The second kappa shape index (κ2) is 7.77. The van der Waals surface area contributed by atoms with Crippen molar-refractivity contribution in [2.24, 2.45) is 0 Å². The second-order valence-electron chi connectivity index (χ2n) is 6.00. The third-order valence-electron chi connectivity index (χ3n) is 4.16. The fraction of sp³-hybridized carbons (Fsp3) is 0.368. The van der Waals surface area contributed by atoms with E-state index >= 15 is 0 Å². The number of rotatable bonds is 5. The van der Waals surface area contributed by atoms with Gasteiger partial charge in [0, 0.05) is 25.0 Å². The van der Waals surface area contributed by atoms with Crippen LogP contribution >= 0.6 is 0 Å². The Morgan fingerprint density at radius 3 is 2.74 bits per heavy atom. The average Bonchev–Trinajstić information content (AvgIpc) is 3.09. The smallest absolute Gasteiger partial charge is 0.247 e. The molecule has 2 heterocycles. The zero-order valence-electron chi connectivity index (χ0n) is 13.3. The maximum absolute atomic E-state index is 12.7. The van der Waals surface area contributed by atoms with Gasteiger partial charge in [-0.2, -0.15) is 0 Å². The molecular weight excluding hydrogens is 288 g/mol. The largest absolute Gasteiger partial charge is 0.467 e. The lowest BCUT2D eigenvalue weighted by Crippen LogP contribution is -2.28. The van der Waals surface area contributed by atoms with Crippen molar-refractivity contribution in [2.45, 2.75) is 45.2 Å². The van der Waals surface area contributed by atoms with Gasteiger partial charge in [-0.15, -0.1) is 0 Å². The molecule has 0 atom stereocenters. The van der Waals surface area contributed by atoms with Crippen LogP contribution in [0.5, 0.6) is 0 Å². The Kier molecular flexibility index (Phi) is 5.25. The Labute approximate surface area is 136 Å². The molecule has 23 heavy (non-hydrogen) atoms. The highest BCUT2D eigenvalue weighted by atomic mass is 16.3. The third-order valence-corrected chi connectivity index (χ3v) is 4.16. The highest BCUT2D eigenvalue weighted by Crippen LogP contribution is 2.23. The van der Waals surface area contributed by atoms with E-state index in [1.807, 2.05) is 35.2 Å². The zero-order chi connectivity index (χ0) is 15.9. The Balaban J connectivity index is 1.74. The Bertz CT molecular complexity index is 639. The first-order valence-corrected chi connectivity index (χ1v) is 8.21. The lowest BCUT2D eigenvalue weighted by molar-refractivity contribution is -0.127. The number of aromatic nitrogens is 1. The van der Waals surface area contributed by atoms with Gasteiger partial charge in [0.25, 0.3) is 0 Å². The van der Waals surface area contributed by atoms with Crippen LogP contribution in [0.4, 0.5) is 0 Å². The van der Waals surface area contributed by atoms with Gasteiger partial charge in [0.15, 0.2) is 0 Å². The van der Waals surface area contributed by atoms with Crippen LogP contribution in [0.3, 0.4) is 0 Å². The van der Waals surface area contributed by atoms with Gasteiger partial charge in [-0.25, -0.2) is 0 Å². The van der Waals surface area contributed by atoms with E-state index < -0.39 is 0 Å². The molecule has 0 aliphatic heterocycles. The first kappa shape index (κ1) is 15.5. The van der Waals surface area contributed by atoms with Gasteiger partial charge in [0.2, 0.25) is 5.91 Å². The molecule has 1 amide bonds. The molecule has 1 aliphatic carbocycles. The molecule has 1 aliphatic rings. The lowest BCUT2D eigenvalue weighted by atomic mass is 9.94. The third kappa shape index (κ3) is 4.55. The quantitative estimate of drug-likeness (QED) is 0.781. The number of hydrogen-bond donors (Lipinski definition) is 0. The summed E-state index contributed by atoms with van der Waals surface area (Å²) in [5, 5.41) is 0. The van der Waals surface area contributed by atoms with Gasteiger partial charge in [0.1, 0.15) is 5.76 Å². The fourth-order valence-corrected chi connectivity index (χ4v) is 2.93. The molecule has 0 spiro atoms. The molecule has 2 aromatic rings. The van der Waals surface area contributed by atoms with Gasteiger partial charge >= 0.3 is 0 Å². The van der Waals surface area contributed by atoms with Crippen LogP contribution in [-0.2, 0) is 17.9 Å². The van der Waals surface area contributed by atoms with Crippen LogP contribution in [0, 0.1) is 0 Å². The first-order valence-electron chi connectivity index (χ1n) is 8.21. The summed E-state index contributed by atoms with van der Waals surface area (Å²) < 4.78 is 5.41. The minimum Gasteiger partial charge on any atom is -0.467 e. The van der Waals surface area contributed by atoms with Crippen molar-refractivity contribution in [1.29, 1.82) is 0 Å². The molecule has 0 saturated heterocycles. The average molecular weight is 310 g/mol. The van der Waals surface area contributed by atoms with Crippen molar-refractivity contribution in [2.75, 3.05) is 0 Å². The second-order valence-corrected chi connectivity index (χ2v) is 6.00. The predicted octanol–water partition coefficient (Wildman–Crippen LogP) is 4.09. The molecule has 1 fully saturated rings. The Morgan fingerprint density at radius 1 is 1.17 bits per heavy atom. The SMILES string of the molecule is O=C(C=C1CCCCC1)N(Cc1cccnc1)Cc1ccco1. The van der Waals surface area contributed by atoms with E-state index in [1.165, 1.54) is 24.8 Å². The van der Waals surface area contributed by atoms with Gasteiger partial charge in [0.05, 0.1) is 12.8 Å². The maximum atomic E-state index is 12.7. The normalized spacial score (nSPS) is 14.5. The van der Waals surface area contributed by atoms with Gasteiger partial charge in [-0.1, -0.05) is 18.1 Å². The molecule has 4 heteroatoms. The molecule has 120 valence electrons. The van der Waals surface area contributed by atoms with Crippen LogP contribution in [-0.4, -0.2) is 15.8 Å². The number of nitrogens with zero attached hydrogens (tertiary/aromatic N) is 2. The summed E-state index contributed by atoms with van der Waals surface area (Å²) in [5.74, 6) is 0.853. The molecular formula is C19H22N2O2. The van der Waals surface area contributed by atoms with E-state index in [0.717, 1.165) is 24.2 Å². The molecule has 0 aromatic carbocycles. The molecule has 1 saturated carbocycles. The summed E-state index contributed by atoms with van der Waals surface area (Å²) >= 11 is 0. The van der Waals surface area contributed by atoms with Crippen molar-refractivity contribution < 1.29 is 9.21 Å². The standard InChI is InChI=1S/C19H22N2O2/c22-19(12-16-6-2-1-3-7-16)21(15-18-9-5-11-23-18)14-17-8-4-10-20-13-17/h4-5,8-13H,1-3,6-7,14-15H2. The summed E-state index contributed by atoms with van der Waals surface area (Å²) in [6.07, 6.45) is 12.8. The number of hydrogen-bond acceptors (Lipinski definition) is 3. The highest BCUT2D eigenvalue weighted by Gasteiger charge is 2.16.